The maximum absolute atomic E-state index is 14.2. The molecule has 1 aromatic heterocycles. The number of aromatic nitrogens is 1. The summed E-state index contributed by atoms with van der Waals surface area (Å²) < 4.78 is 109. The largest absolute Gasteiger partial charge is 0.678 e. The Kier molecular flexibility index (Phi) is 15.6. The zero-order valence-electron chi connectivity index (χ0n) is 32.8. The maximum atomic E-state index is 14.2. The second kappa shape index (κ2) is 18.6. The summed E-state index contributed by atoms with van der Waals surface area (Å²) >= 11 is 0. The molecule has 19 heteroatoms. The number of halogens is 6. The van der Waals surface area contributed by atoms with Gasteiger partial charge in [-0.3, -0.25) is 14.4 Å². The van der Waals surface area contributed by atoms with Gasteiger partial charge in [-0.15, -0.1) is 13.2 Å². The van der Waals surface area contributed by atoms with Crippen molar-refractivity contribution in [2.45, 2.75) is 94.6 Å². The molecule has 1 aromatic carbocycles. The molecule has 0 unspecified atom stereocenters. The summed E-state index contributed by atoms with van der Waals surface area (Å²) in [6.45, 7) is 18.3. The first-order valence-corrected chi connectivity index (χ1v) is 17.1. The van der Waals surface area contributed by atoms with Crippen molar-refractivity contribution in [2.24, 2.45) is 10.9 Å². The van der Waals surface area contributed by atoms with E-state index in [4.69, 9.17) is 24.0 Å². The minimum Gasteiger partial charge on any atom is -0.484 e. The lowest BCUT2D eigenvalue weighted by molar-refractivity contribution is -0.285. The summed E-state index contributed by atoms with van der Waals surface area (Å²) in [5.41, 5.74) is -0.0273. The van der Waals surface area contributed by atoms with Crippen molar-refractivity contribution < 1.29 is 73.8 Å². The second-order valence-electron chi connectivity index (χ2n) is 12.9. The van der Waals surface area contributed by atoms with Gasteiger partial charge in [0.15, 0.2) is 0 Å². The summed E-state index contributed by atoms with van der Waals surface area (Å²) in [5, 5.41) is 0. The van der Waals surface area contributed by atoms with Crippen molar-refractivity contribution in [3.05, 3.63) is 68.2 Å². The number of carbonyl (C=O) groups excluding carboxylic acids is 5. The Morgan fingerprint density at radius 1 is 0.839 bits per heavy atom. The van der Waals surface area contributed by atoms with Crippen molar-refractivity contribution in [2.75, 3.05) is 13.2 Å². The minimum atomic E-state index is -5.77. The van der Waals surface area contributed by atoms with Crippen molar-refractivity contribution in [1.82, 2.24) is 4.48 Å². The molecule has 1 aliphatic rings. The molecule has 56 heavy (non-hydrogen) atoms. The number of allylic oxidation sites excluding steroid dienone is 1. The van der Waals surface area contributed by atoms with Gasteiger partial charge in [-0.05, 0) is 93.3 Å². The van der Waals surface area contributed by atoms with E-state index >= 15 is 0 Å². The van der Waals surface area contributed by atoms with Crippen LogP contribution in [0.15, 0.2) is 34.0 Å². The third kappa shape index (κ3) is 10.4. The first-order valence-electron chi connectivity index (χ1n) is 17.1. The van der Waals surface area contributed by atoms with Crippen molar-refractivity contribution >= 4 is 49.2 Å². The number of aliphatic imine (C=N–C) groups is 1. The van der Waals surface area contributed by atoms with Crippen LogP contribution in [0.2, 0.25) is 0 Å². The summed E-state index contributed by atoms with van der Waals surface area (Å²) in [5.74, 6) is -6.80. The zero-order chi connectivity index (χ0) is 43.2. The lowest BCUT2D eigenvalue weighted by Gasteiger charge is -2.26. The normalized spacial score (nSPS) is 13.9. The van der Waals surface area contributed by atoms with Gasteiger partial charge in [0, 0.05) is 23.9 Å². The van der Waals surface area contributed by atoms with E-state index in [0.29, 0.717) is 15.6 Å². The van der Waals surface area contributed by atoms with Gasteiger partial charge in [0.2, 0.25) is 0 Å². The molecular weight excluding hydrogens is 757 g/mol. The van der Waals surface area contributed by atoms with E-state index in [1.807, 2.05) is 6.79 Å². The molecule has 0 saturated carbocycles. The maximum Gasteiger partial charge on any atom is 0.678 e. The molecule has 3 rings (SSSR count). The van der Waals surface area contributed by atoms with Crippen LogP contribution in [-0.4, -0.2) is 73.9 Å². The number of ether oxygens (including phenoxy) is 3. The molecule has 0 saturated heterocycles. The van der Waals surface area contributed by atoms with Crippen LogP contribution in [0.5, 0.6) is 5.75 Å². The Labute approximate surface area is 320 Å². The molecule has 12 nitrogen and oxygen atoms in total. The molecule has 306 valence electrons. The van der Waals surface area contributed by atoms with E-state index in [0.717, 1.165) is 0 Å². The highest BCUT2D eigenvalue weighted by Gasteiger charge is 2.51. The molecule has 2 aromatic rings. The molecule has 0 atom stereocenters. The number of alkyl halides is 6. The fraction of sp³-hybridized carbons (Fsp3) is 0.459. The van der Waals surface area contributed by atoms with Gasteiger partial charge in [-0.25, -0.2) is 14.4 Å². The van der Waals surface area contributed by atoms with E-state index < -0.39 is 55.5 Å². The van der Waals surface area contributed by atoms with Crippen LogP contribution < -0.4 is 4.74 Å². The van der Waals surface area contributed by atoms with E-state index in [-0.39, 0.29) is 75.2 Å². The Balaban J connectivity index is 0.00000532. The SMILES string of the molecule is C=O.CCOC(=O)C1=C(C)/C(=C(\c2c(C)cc(OC(C)=O)cc2C)c2c(C)c(C(=O)OCC)c(C(C)C)n2B(OC(=O)C(F)(F)F)OC(F)(F)F)N=C1C(C)C. The van der Waals surface area contributed by atoms with Gasteiger partial charge in [0.05, 0.1) is 35.8 Å². The number of hydrogen-bond acceptors (Lipinski definition) is 11. The van der Waals surface area contributed by atoms with Crippen LogP contribution in [-0.2, 0) is 38.0 Å². The number of nitrogens with zero attached hydrogens (tertiary/aromatic N) is 2. The van der Waals surface area contributed by atoms with Crippen LogP contribution in [0.1, 0.15) is 105 Å². The highest BCUT2D eigenvalue weighted by atomic mass is 19.4. The Bertz CT molecular complexity index is 1940. The minimum absolute atomic E-state index is 0.0215. The van der Waals surface area contributed by atoms with E-state index in [2.05, 4.69) is 9.31 Å². The van der Waals surface area contributed by atoms with Gasteiger partial charge >= 0.3 is 43.7 Å². The van der Waals surface area contributed by atoms with E-state index in [1.54, 1.807) is 34.6 Å². The van der Waals surface area contributed by atoms with Crippen molar-refractivity contribution in [3.63, 3.8) is 0 Å². The summed E-state index contributed by atoms with van der Waals surface area (Å²) in [6, 6.07) is 2.87. The van der Waals surface area contributed by atoms with Crippen LogP contribution in [0.3, 0.4) is 0 Å². The molecule has 0 spiro atoms. The molecule has 1 aliphatic heterocycles. The van der Waals surface area contributed by atoms with Crippen LogP contribution in [0, 0.1) is 26.7 Å². The monoisotopic (exact) mass is 800 g/mol. The standard InChI is InChI=1S/C36H41BF6N2O9.CH2O/c1-12-50-32(47)25-20(9)29(44-28(25)16(3)4)27(24-18(7)14-23(15-19(24)8)52-22(11)46)31-21(10)26(33(48)51-13-2)30(17(5)6)45(31)37(54-36(41,42)43)53-34(49)35(38,39)40;1-2/h14-17H,12-13H2,1-11H3;1H2/b29-27-;. The van der Waals surface area contributed by atoms with Gasteiger partial charge in [0.25, 0.3) is 0 Å². The van der Waals surface area contributed by atoms with Crippen LogP contribution >= 0.6 is 0 Å². The third-order valence-corrected chi connectivity index (χ3v) is 8.13. The van der Waals surface area contributed by atoms with E-state index in [1.165, 1.54) is 53.7 Å². The lowest BCUT2D eigenvalue weighted by Crippen LogP contribution is -2.44. The first-order chi connectivity index (χ1) is 25.9. The smallest absolute Gasteiger partial charge is 0.484 e. The highest BCUT2D eigenvalue weighted by molar-refractivity contribution is 6.46. The predicted molar refractivity (Wildman–Crippen MR) is 192 cm³/mol. The third-order valence-electron chi connectivity index (χ3n) is 8.13. The fourth-order valence-corrected chi connectivity index (χ4v) is 6.27. The predicted octanol–water partition coefficient (Wildman–Crippen LogP) is 7.68. The zero-order valence-corrected chi connectivity index (χ0v) is 32.8. The molecule has 0 fully saturated rings. The number of hydrogen-bond donors (Lipinski definition) is 0. The van der Waals surface area contributed by atoms with Gasteiger partial charge in [0.1, 0.15) is 12.5 Å². The average molecular weight is 801 g/mol. The Morgan fingerprint density at radius 2 is 1.36 bits per heavy atom. The lowest BCUT2D eigenvalue weighted by atomic mass is 9.87. The number of aryl methyl sites for hydroxylation is 2. The molecule has 0 bridgehead atoms. The summed E-state index contributed by atoms with van der Waals surface area (Å²) in [4.78, 5) is 64.0. The fourth-order valence-electron chi connectivity index (χ4n) is 6.27. The molecule has 0 radical (unpaired) electrons. The quantitative estimate of drug-likeness (QED) is 0.0906. The Hall–Kier alpha value is -5.20. The average Bonchev–Trinajstić information content (AvgIpc) is 3.56. The molecule has 0 aliphatic carbocycles. The topological polar surface area (TPSA) is 149 Å². The first kappa shape index (κ1) is 47.0. The van der Waals surface area contributed by atoms with Gasteiger partial charge < -0.3 is 28.1 Å². The van der Waals surface area contributed by atoms with Crippen LogP contribution in [0.4, 0.5) is 26.3 Å². The number of carbonyl (C=O) groups is 5. The van der Waals surface area contributed by atoms with Gasteiger partial charge in [-0.2, -0.15) is 13.2 Å². The Morgan fingerprint density at radius 3 is 1.79 bits per heavy atom. The number of benzene rings is 1. The molecular formula is C37H43BF6N2O10. The van der Waals surface area contributed by atoms with E-state index in [9.17, 15) is 45.5 Å². The molecule has 2 heterocycles. The van der Waals surface area contributed by atoms with Gasteiger partial charge in [-0.1, -0.05) is 27.7 Å². The van der Waals surface area contributed by atoms with Crippen molar-refractivity contribution in [3.8, 4) is 5.75 Å². The summed E-state index contributed by atoms with van der Waals surface area (Å²) in [7, 11) is -3.20. The molecule has 0 N–H and O–H groups in total. The highest BCUT2D eigenvalue weighted by Crippen LogP contribution is 2.45. The summed E-state index contributed by atoms with van der Waals surface area (Å²) in [6.07, 6.45) is -11.5. The second-order valence-corrected chi connectivity index (χ2v) is 12.9. The molecule has 0 amide bonds. The van der Waals surface area contributed by atoms with Crippen LogP contribution in [0.25, 0.3) is 5.57 Å². The number of esters is 3. The number of rotatable bonds is 12. The van der Waals surface area contributed by atoms with Crippen molar-refractivity contribution in [1.29, 1.82) is 0 Å².